The molecule has 94 valence electrons. The molecule has 1 aromatic rings. The smallest absolute Gasteiger partial charge is 0.417 e. The van der Waals surface area contributed by atoms with E-state index >= 15 is 0 Å². The highest BCUT2D eigenvalue weighted by molar-refractivity contribution is 6.32. The van der Waals surface area contributed by atoms with Gasteiger partial charge in [-0.05, 0) is 19.1 Å². The van der Waals surface area contributed by atoms with E-state index in [-0.39, 0.29) is 5.75 Å². The van der Waals surface area contributed by atoms with Crippen LogP contribution in [-0.2, 0) is 11.0 Å². The Morgan fingerprint density at radius 2 is 2.06 bits per heavy atom. The van der Waals surface area contributed by atoms with Crippen LogP contribution in [0, 0.1) is 0 Å². The van der Waals surface area contributed by atoms with Crippen LogP contribution >= 0.6 is 11.6 Å². The first-order valence-electron chi connectivity index (χ1n) is 4.48. The fraction of sp³-hybridized carbons (Fsp3) is 0.300. The molecule has 1 unspecified atom stereocenters. The van der Waals surface area contributed by atoms with Crippen LogP contribution in [0.3, 0.4) is 0 Å². The van der Waals surface area contributed by atoms with E-state index < -0.39 is 28.8 Å². The Morgan fingerprint density at radius 3 is 2.53 bits per heavy atom. The number of carboxylic acid groups (broad SMARTS) is 1. The summed E-state index contributed by atoms with van der Waals surface area (Å²) in [5.74, 6) is -1.60. The van der Waals surface area contributed by atoms with Crippen LogP contribution in [0.25, 0.3) is 0 Å². The van der Waals surface area contributed by atoms with Gasteiger partial charge in [0, 0.05) is 0 Å². The molecule has 0 saturated carbocycles. The highest BCUT2D eigenvalue weighted by Crippen LogP contribution is 2.39. The maximum atomic E-state index is 12.5. The number of aliphatic carboxylic acids is 1. The van der Waals surface area contributed by atoms with E-state index in [4.69, 9.17) is 21.4 Å². The summed E-state index contributed by atoms with van der Waals surface area (Å²) in [4.78, 5) is 10.5. The van der Waals surface area contributed by atoms with E-state index in [1.807, 2.05) is 0 Å². The van der Waals surface area contributed by atoms with Gasteiger partial charge in [0.05, 0.1) is 10.6 Å². The average molecular weight is 269 g/mol. The van der Waals surface area contributed by atoms with Gasteiger partial charge in [0.1, 0.15) is 5.75 Å². The second-order valence-corrected chi connectivity index (χ2v) is 3.59. The van der Waals surface area contributed by atoms with Crippen LogP contribution < -0.4 is 4.74 Å². The molecule has 0 spiro atoms. The second kappa shape index (κ2) is 4.83. The second-order valence-electron chi connectivity index (χ2n) is 3.21. The lowest BCUT2D eigenvalue weighted by Gasteiger charge is -2.15. The van der Waals surface area contributed by atoms with Gasteiger partial charge in [-0.25, -0.2) is 4.79 Å². The highest BCUT2D eigenvalue weighted by Gasteiger charge is 2.34. The summed E-state index contributed by atoms with van der Waals surface area (Å²) in [7, 11) is 0. The number of benzene rings is 1. The minimum atomic E-state index is -4.61. The molecule has 0 amide bonds. The number of carbonyl (C=O) groups is 1. The number of ether oxygens (including phenoxy) is 1. The highest BCUT2D eigenvalue weighted by atomic mass is 35.5. The minimum absolute atomic E-state index is 0.309. The summed E-state index contributed by atoms with van der Waals surface area (Å²) in [5.41, 5.74) is -1.06. The van der Waals surface area contributed by atoms with E-state index in [1.165, 1.54) is 13.0 Å². The monoisotopic (exact) mass is 268 g/mol. The van der Waals surface area contributed by atoms with Crippen molar-refractivity contribution in [1.29, 1.82) is 0 Å². The van der Waals surface area contributed by atoms with Crippen LogP contribution in [0.5, 0.6) is 5.75 Å². The summed E-state index contributed by atoms with van der Waals surface area (Å²) in [6, 6.07) is 3.07. The van der Waals surface area contributed by atoms with Crippen molar-refractivity contribution in [2.45, 2.75) is 19.2 Å². The Kier molecular flexibility index (Phi) is 3.87. The fourth-order valence-corrected chi connectivity index (χ4v) is 1.34. The van der Waals surface area contributed by atoms with Crippen LogP contribution in [0.15, 0.2) is 18.2 Å². The van der Waals surface area contributed by atoms with E-state index in [2.05, 4.69) is 0 Å². The first-order chi connectivity index (χ1) is 7.73. The molecule has 1 aromatic carbocycles. The fourth-order valence-electron chi connectivity index (χ4n) is 1.06. The number of halogens is 4. The van der Waals surface area contributed by atoms with E-state index in [1.54, 1.807) is 0 Å². The van der Waals surface area contributed by atoms with Crippen molar-refractivity contribution in [2.75, 3.05) is 0 Å². The summed E-state index contributed by atoms with van der Waals surface area (Å²) in [6.45, 7) is 1.19. The molecule has 7 heteroatoms. The maximum absolute atomic E-state index is 12.5. The first-order valence-corrected chi connectivity index (χ1v) is 4.86. The lowest BCUT2D eigenvalue weighted by molar-refractivity contribution is -0.144. The molecule has 1 atom stereocenters. The van der Waals surface area contributed by atoms with Gasteiger partial charge in [-0.15, -0.1) is 0 Å². The van der Waals surface area contributed by atoms with Crippen molar-refractivity contribution in [3.63, 3.8) is 0 Å². The zero-order valence-corrected chi connectivity index (χ0v) is 9.34. The predicted molar refractivity (Wildman–Crippen MR) is 54.2 cm³/mol. The zero-order chi connectivity index (χ0) is 13.2. The Balaban J connectivity index is 3.07. The van der Waals surface area contributed by atoms with Gasteiger partial charge in [-0.2, -0.15) is 13.2 Å². The number of hydrogen-bond donors (Lipinski definition) is 1. The summed E-state index contributed by atoms with van der Waals surface area (Å²) < 4.78 is 42.2. The van der Waals surface area contributed by atoms with Crippen molar-refractivity contribution in [1.82, 2.24) is 0 Å². The van der Waals surface area contributed by atoms with Gasteiger partial charge in [-0.1, -0.05) is 17.7 Å². The molecule has 0 aromatic heterocycles. The number of rotatable bonds is 3. The molecule has 3 nitrogen and oxygen atoms in total. The van der Waals surface area contributed by atoms with Gasteiger partial charge >= 0.3 is 12.1 Å². The van der Waals surface area contributed by atoms with Gasteiger partial charge in [0.15, 0.2) is 6.10 Å². The molecule has 0 saturated heterocycles. The van der Waals surface area contributed by atoms with Gasteiger partial charge in [0.2, 0.25) is 0 Å². The predicted octanol–water partition coefficient (Wildman–Crippen LogP) is 3.21. The SMILES string of the molecule is CC(Oc1cccc(C(F)(F)F)c1Cl)C(=O)O. The van der Waals surface area contributed by atoms with Crippen molar-refractivity contribution < 1.29 is 27.8 Å². The normalized spacial score (nSPS) is 13.2. The lowest BCUT2D eigenvalue weighted by atomic mass is 10.2. The summed E-state index contributed by atoms with van der Waals surface area (Å²) in [6.07, 6.45) is -5.89. The Bertz CT molecular complexity index is 431. The van der Waals surface area contributed by atoms with Crippen molar-refractivity contribution in [2.24, 2.45) is 0 Å². The van der Waals surface area contributed by atoms with Gasteiger partial charge < -0.3 is 9.84 Å². The molecule has 1 rings (SSSR count). The molecule has 0 bridgehead atoms. The van der Waals surface area contributed by atoms with Crippen LogP contribution in [0.1, 0.15) is 12.5 Å². The van der Waals surface area contributed by atoms with Crippen LogP contribution in [-0.4, -0.2) is 17.2 Å². The molecule has 0 heterocycles. The van der Waals surface area contributed by atoms with E-state index in [0.29, 0.717) is 0 Å². The van der Waals surface area contributed by atoms with Crippen molar-refractivity contribution in [3.8, 4) is 5.75 Å². The Morgan fingerprint density at radius 1 is 1.47 bits per heavy atom. The number of alkyl halides is 3. The Hall–Kier alpha value is -1.43. The molecule has 0 radical (unpaired) electrons. The van der Waals surface area contributed by atoms with Crippen LogP contribution in [0.2, 0.25) is 5.02 Å². The van der Waals surface area contributed by atoms with Gasteiger partial charge in [-0.3, -0.25) is 0 Å². The molecular formula is C10H8ClF3O3. The van der Waals surface area contributed by atoms with E-state index in [0.717, 1.165) is 12.1 Å². The quantitative estimate of drug-likeness (QED) is 0.916. The maximum Gasteiger partial charge on any atom is 0.417 e. The zero-order valence-electron chi connectivity index (χ0n) is 8.58. The third-order valence-corrected chi connectivity index (χ3v) is 2.31. The number of carboxylic acids is 1. The molecule has 17 heavy (non-hydrogen) atoms. The summed E-state index contributed by atoms with van der Waals surface area (Å²) >= 11 is 5.50. The molecule has 0 aliphatic heterocycles. The van der Waals surface area contributed by atoms with E-state index in [9.17, 15) is 18.0 Å². The van der Waals surface area contributed by atoms with Crippen LogP contribution in [0.4, 0.5) is 13.2 Å². The standard InChI is InChI=1S/C10H8ClF3O3/c1-5(9(15)16)17-7-4-2-3-6(8(7)11)10(12,13)14/h2-5H,1H3,(H,15,16). The van der Waals surface area contributed by atoms with Crippen molar-refractivity contribution in [3.05, 3.63) is 28.8 Å². The first kappa shape index (κ1) is 13.6. The molecule has 0 aliphatic carbocycles. The molecule has 0 aliphatic rings. The molecular weight excluding hydrogens is 261 g/mol. The topological polar surface area (TPSA) is 46.5 Å². The minimum Gasteiger partial charge on any atom is -0.479 e. The van der Waals surface area contributed by atoms with Gasteiger partial charge in [0.25, 0.3) is 0 Å². The summed E-state index contributed by atoms with van der Waals surface area (Å²) in [5, 5.41) is 7.93. The third kappa shape index (κ3) is 3.26. The lowest BCUT2D eigenvalue weighted by Crippen LogP contribution is -2.23. The van der Waals surface area contributed by atoms with Crippen molar-refractivity contribution >= 4 is 17.6 Å². The average Bonchev–Trinajstić information content (AvgIpc) is 2.19. The third-order valence-electron chi connectivity index (χ3n) is 1.92. The molecule has 1 N–H and O–H groups in total. The number of hydrogen-bond acceptors (Lipinski definition) is 2. The largest absolute Gasteiger partial charge is 0.479 e. The molecule has 0 fully saturated rings. The Labute approximate surface area is 99.8 Å².